The van der Waals surface area contributed by atoms with Crippen LogP contribution in [-0.2, 0) is 19.1 Å². The number of rotatable bonds is 7. The number of methoxy groups -OCH3 is 2. The molecule has 7 nitrogen and oxygen atoms in total. The molecule has 1 aromatic rings. The number of esters is 2. The summed E-state index contributed by atoms with van der Waals surface area (Å²) in [7, 11) is 2.46. The summed E-state index contributed by atoms with van der Waals surface area (Å²) >= 11 is 0. The Hall–Kier alpha value is -2.41. The van der Waals surface area contributed by atoms with E-state index in [1.165, 1.54) is 14.2 Å². The first-order chi connectivity index (χ1) is 10.9. The zero-order valence-corrected chi connectivity index (χ0v) is 13.7. The van der Waals surface area contributed by atoms with Crippen LogP contribution in [0.5, 0.6) is 0 Å². The second-order valence-corrected chi connectivity index (χ2v) is 5.21. The van der Waals surface area contributed by atoms with Crippen LogP contribution in [0.25, 0.3) is 0 Å². The molecule has 0 fully saturated rings. The Morgan fingerprint density at radius 3 is 2.00 bits per heavy atom. The van der Waals surface area contributed by atoms with Gasteiger partial charge in [0.1, 0.15) is 6.04 Å². The largest absolute Gasteiger partial charge is 0.468 e. The lowest BCUT2D eigenvalue weighted by atomic mass is 10.0. The van der Waals surface area contributed by atoms with E-state index < -0.39 is 30.1 Å². The Morgan fingerprint density at radius 2 is 1.52 bits per heavy atom. The molecule has 0 aliphatic rings. The molecule has 0 bridgehead atoms. The van der Waals surface area contributed by atoms with Crippen molar-refractivity contribution in [2.75, 3.05) is 14.2 Å². The van der Waals surface area contributed by atoms with Crippen molar-refractivity contribution >= 4 is 17.8 Å². The lowest BCUT2D eigenvalue weighted by molar-refractivity contribution is -0.147. The summed E-state index contributed by atoms with van der Waals surface area (Å²) in [6.45, 7) is 3.59. The molecule has 0 radical (unpaired) electrons. The van der Waals surface area contributed by atoms with Crippen LogP contribution in [0, 0.1) is 5.92 Å². The molecule has 0 spiro atoms. The number of amides is 1. The molecule has 0 aliphatic heterocycles. The smallest absolute Gasteiger partial charge is 0.343 e. The lowest BCUT2D eigenvalue weighted by Gasteiger charge is -2.25. The second-order valence-electron chi connectivity index (χ2n) is 5.21. The quantitative estimate of drug-likeness (QED) is 0.567. The molecule has 0 unspecified atom stereocenters. The topological polar surface area (TPSA) is 93.7 Å². The van der Waals surface area contributed by atoms with Crippen LogP contribution in [0.2, 0.25) is 0 Å². The third-order valence-electron chi connectivity index (χ3n) is 3.22. The highest BCUT2D eigenvalue weighted by molar-refractivity contribution is 5.96. The molecule has 0 aliphatic carbocycles. The molecular formula is C16H22N2O5. The van der Waals surface area contributed by atoms with Crippen LogP contribution < -0.4 is 10.6 Å². The Bertz CT molecular complexity index is 545. The van der Waals surface area contributed by atoms with Crippen LogP contribution in [-0.4, -0.2) is 44.3 Å². The normalized spacial score (nSPS) is 13.1. The Balaban J connectivity index is 2.90. The molecule has 0 heterocycles. The second kappa shape index (κ2) is 8.89. The predicted molar refractivity (Wildman–Crippen MR) is 83.5 cm³/mol. The molecule has 0 saturated carbocycles. The molecule has 2 N–H and O–H groups in total. The maximum Gasteiger partial charge on any atom is 0.343 e. The highest BCUT2D eigenvalue weighted by atomic mass is 16.5. The number of nitrogens with one attached hydrogen (secondary N) is 2. The minimum Gasteiger partial charge on any atom is -0.468 e. The van der Waals surface area contributed by atoms with Gasteiger partial charge in [-0.05, 0) is 18.1 Å². The summed E-state index contributed by atoms with van der Waals surface area (Å²) in [5.74, 6) is -1.84. The van der Waals surface area contributed by atoms with Gasteiger partial charge in [0.25, 0.3) is 5.91 Å². The minimum atomic E-state index is -1.17. The van der Waals surface area contributed by atoms with E-state index in [0.29, 0.717) is 5.56 Å². The summed E-state index contributed by atoms with van der Waals surface area (Å²) < 4.78 is 9.39. The van der Waals surface area contributed by atoms with Crippen LogP contribution in [0.4, 0.5) is 0 Å². The minimum absolute atomic E-state index is 0.150. The molecule has 1 amide bonds. The van der Waals surface area contributed by atoms with Crippen molar-refractivity contribution in [1.82, 2.24) is 10.6 Å². The zero-order chi connectivity index (χ0) is 17.4. The van der Waals surface area contributed by atoms with Gasteiger partial charge in [0.05, 0.1) is 14.2 Å². The summed E-state index contributed by atoms with van der Waals surface area (Å²) in [6, 6.07) is 7.66. The SMILES string of the molecule is COC(=O)[C@H](NC(=O)c1ccccc1)N[C@H](C(=O)OC)C(C)C. The van der Waals surface area contributed by atoms with Crippen molar-refractivity contribution in [3.05, 3.63) is 35.9 Å². The first kappa shape index (κ1) is 18.6. The number of ether oxygens (including phenoxy) is 2. The molecule has 0 saturated heterocycles. The Morgan fingerprint density at radius 1 is 0.957 bits per heavy atom. The van der Waals surface area contributed by atoms with E-state index >= 15 is 0 Å². The van der Waals surface area contributed by atoms with Gasteiger partial charge < -0.3 is 14.8 Å². The monoisotopic (exact) mass is 322 g/mol. The van der Waals surface area contributed by atoms with E-state index in [9.17, 15) is 14.4 Å². The fourth-order valence-electron chi connectivity index (χ4n) is 1.93. The van der Waals surface area contributed by atoms with Crippen LogP contribution in [0.1, 0.15) is 24.2 Å². The zero-order valence-electron chi connectivity index (χ0n) is 13.7. The molecule has 7 heteroatoms. The van der Waals surface area contributed by atoms with Gasteiger partial charge in [-0.3, -0.25) is 14.9 Å². The first-order valence-corrected chi connectivity index (χ1v) is 7.18. The van der Waals surface area contributed by atoms with Gasteiger partial charge in [-0.1, -0.05) is 32.0 Å². The average molecular weight is 322 g/mol. The van der Waals surface area contributed by atoms with Gasteiger partial charge in [0, 0.05) is 5.56 Å². The number of hydrogen-bond donors (Lipinski definition) is 2. The van der Waals surface area contributed by atoms with Crippen molar-refractivity contribution < 1.29 is 23.9 Å². The molecule has 23 heavy (non-hydrogen) atoms. The average Bonchev–Trinajstić information content (AvgIpc) is 2.57. The first-order valence-electron chi connectivity index (χ1n) is 7.18. The fraction of sp³-hybridized carbons (Fsp3) is 0.438. The molecule has 1 aromatic carbocycles. The van der Waals surface area contributed by atoms with Gasteiger partial charge in [-0.2, -0.15) is 0 Å². The van der Waals surface area contributed by atoms with Crippen molar-refractivity contribution in [3.8, 4) is 0 Å². The molecule has 2 atom stereocenters. The fourth-order valence-corrected chi connectivity index (χ4v) is 1.93. The molecule has 126 valence electrons. The number of carbonyl (C=O) groups is 3. The number of hydrogen-bond acceptors (Lipinski definition) is 6. The molecular weight excluding hydrogens is 300 g/mol. The Kier molecular flexibility index (Phi) is 7.21. The van der Waals surface area contributed by atoms with Crippen LogP contribution in [0.3, 0.4) is 0 Å². The third-order valence-corrected chi connectivity index (χ3v) is 3.22. The number of benzene rings is 1. The third kappa shape index (κ3) is 5.37. The van der Waals surface area contributed by atoms with Crippen molar-refractivity contribution in [2.45, 2.75) is 26.1 Å². The van der Waals surface area contributed by atoms with Gasteiger partial charge in [0.2, 0.25) is 0 Å². The van der Waals surface area contributed by atoms with E-state index in [2.05, 4.69) is 15.4 Å². The Labute approximate surface area is 135 Å². The molecule has 1 rings (SSSR count). The van der Waals surface area contributed by atoms with Crippen molar-refractivity contribution in [2.24, 2.45) is 5.92 Å². The van der Waals surface area contributed by atoms with Crippen molar-refractivity contribution in [3.63, 3.8) is 0 Å². The molecule has 0 aromatic heterocycles. The lowest BCUT2D eigenvalue weighted by Crippen LogP contribution is -2.58. The van der Waals surface area contributed by atoms with Crippen LogP contribution in [0.15, 0.2) is 30.3 Å². The van der Waals surface area contributed by atoms with Crippen LogP contribution >= 0.6 is 0 Å². The number of carbonyl (C=O) groups excluding carboxylic acids is 3. The van der Waals surface area contributed by atoms with E-state index in [-0.39, 0.29) is 5.92 Å². The highest BCUT2D eigenvalue weighted by Crippen LogP contribution is 2.06. The summed E-state index contributed by atoms with van der Waals surface area (Å²) in [5.41, 5.74) is 0.391. The summed E-state index contributed by atoms with van der Waals surface area (Å²) in [4.78, 5) is 35.9. The summed E-state index contributed by atoms with van der Waals surface area (Å²) in [5, 5.41) is 5.29. The van der Waals surface area contributed by atoms with Gasteiger partial charge in [-0.25, -0.2) is 4.79 Å². The highest BCUT2D eigenvalue weighted by Gasteiger charge is 2.31. The van der Waals surface area contributed by atoms with E-state index in [1.54, 1.807) is 44.2 Å². The maximum absolute atomic E-state index is 12.2. The summed E-state index contributed by atoms with van der Waals surface area (Å²) in [6.07, 6.45) is -1.17. The standard InChI is InChI=1S/C16H22N2O5/c1-10(2)12(15(20)22-3)17-13(16(21)23-4)18-14(19)11-8-6-5-7-9-11/h5-10,12-13,17H,1-4H3,(H,18,19)/t12-,13-/m0/s1. The van der Waals surface area contributed by atoms with Gasteiger partial charge >= 0.3 is 11.9 Å². The predicted octanol–water partition coefficient (Wildman–Crippen LogP) is 0.703. The maximum atomic E-state index is 12.2. The van der Waals surface area contributed by atoms with Crippen molar-refractivity contribution in [1.29, 1.82) is 0 Å². The van der Waals surface area contributed by atoms with E-state index in [1.807, 2.05) is 0 Å². The van der Waals surface area contributed by atoms with Gasteiger partial charge in [0.15, 0.2) is 6.17 Å². The van der Waals surface area contributed by atoms with E-state index in [0.717, 1.165) is 0 Å². The van der Waals surface area contributed by atoms with E-state index in [4.69, 9.17) is 4.74 Å². The van der Waals surface area contributed by atoms with Gasteiger partial charge in [-0.15, -0.1) is 0 Å².